The van der Waals surface area contributed by atoms with Crippen molar-refractivity contribution in [2.45, 2.75) is 25.4 Å². The van der Waals surface area contributed by atoms with E-state index in [0.29, 0.717) is 6.54 Å². The lowest BCUT2D eigenvalue weighted by Crippen LogP contribution is -2.18. The van der Waals surface area contributed by atoms with E-state index in [4.69, 9.17) is 5.73 Å². The number of hydrogen-bond acceptors (Lipinski definition) is 1. The third kappa shape index (κ3) is 2.11. The van der Waals surface area contributed by atoms with Crippen LogP contribution >= 0.6 is 12.4 Å². The minimum absolute atomic E-state index is 0. The molecule has 2 atom stereocenters. The Bertz CT molecular complexity index is 79.5. The molecule has 0 aromatic heterocycles. The summed E-state index contributed by atoms with van der Waals surface area (Å²) in [5.41, 5.74) is 5.28. The van der Waals surface area contributed by atoms with Crippen molar-refractivity contribution in [2.75, 3.05) is 6.54 Å². The van der Waals surface area contributed by atoms with Crippen molar-refractivity contribution in [3.05, 3.63) is 0 Å². The molecule has 0 bridgehead atoms. The van der Waals surface area contributed by atoms with Crippen LogP contribution in [0.4, 0.5) is 4.39 Å². The zero-order valence-corrected chi connectivity index (χ0v) is 6.16. The lowest BCUT2D eigenvalue weighted by Gasteiger charge is -2.06. The molecule has 0 radical (unpaired) electrons. The molecule has 1 nitrogen and oxygen atoms in total. The second-order valence-electron chi connectivity index (χ2n) is 2.44. The molecule has 1 aliphatic carbocycles. The van der Waals surface area contributed by atoms with Crippen molar-refractivity contribution in [1.29, 1.82) is 0 Å². The number of nitrogens with two attached hydrogens (primary N) is 1. The standard InChI is InChI=1S/C6H12FN.ClH/c7-6-3-1-2-5(6)4-8;/h5-6H,1-4,8H2;1H/t5-,6+;/m0./s1. The third-order valence-electron chi connectivity index (χ3n) is 1.87. The monoisotopic (exact) mass is 153 g/mol. The highest BCUT2D eigenvalue weighted by molar-refractivity contribution is 5.85. The van der Waals surface area contributed by atoms with E-state index in [1.165, 1.54) is 0 Å². The van der Waals surface area contributed by atoms with Crippen LogP contribution in [0.2, 0.25) is 0 Å². The van der Waals surface area contributed by atoms with Gasteiger partial charge in [-0.3, -0.25) is 0 Å². The fourth-order valence-corrected chi connectivity index (χ4v) is 1.26. The van der Waals surface area contributed by atoms with Gasteiger partial charge in [0.2, 0.25) is 0 Å². The second-order valence-corrected chi connectivity index (χ2v) is 2.44. The fourth-order valence-electron chi connectivity index (χ4n) is 1.26. The predicted molar refractivity (Wildman–Crippen MR) is 38.5 cm³/mol. The maximum atomic E-state index is 12.5. The first-order chi connectivity index (χ1) is 3.84. The average Bonchev–Trinajstić information content (AvgIpc) is 2.14. The first-order valence-electron chi connectivity index (χ1n) is 3.18. The van der Waals surface area contributed by atoms with Gasteiger partial charge in [0.25, 0.3) is 0 Å². The van der Waals surface area contributed by atoms with Crippen molar-refractivity contribution in [3.63, 3.8) is 0 Å². The zero-order chi connectivity index (χ0) is 5.98. The van der Waals surface area contributed by atoms with E-state index in [2.05, 4.69) is 0 Å². The fraction of sp³-hybridized carbons (Fsp3) is 1.00. The van der Waals surface area contributed by atoms with Crippen LogP contribution in [-0.4, -0.2) is 12.7 Å². The average molecular weight is 154 g/mol. The lowest BCUT2D eigenvalue weighted by molar-refractivity contribution is 0.268. The lowest BCUT2D eigenvalue weighted by atomic mass is 10.1. The Kier molecular flexibility index (Phi) is 4.15. The summed E-state index contributed by atoms with van der Waals surface area (Å²) in [5, 5.41) is 0. The van der Waals surface area contributed by atoms with Gasteiger partial charge in [-0.2, -0.15) is 0 Å². The largest absolute Gasteiger partial charge is 0.330 e. The highest BCUT2D eigenvalue weighted by Gasteiger charge is 2.24. The Morgan fingerprint density at radius 2 is 2.11 bits per heavy atom. The molecule has 1 aliphatic rings. The normalized spacial score (nSPS) is 34.0. The third-order valence-corrected chi connectivity index (χ3v) is 1.87. The topological polar surface area (TPSA) is 26.0 Å². The molecule has 0 saturated heterocycles. The summed E-state index contributed by atoms with van der Waals surface area (Å²) in [4.78, 5) is 0. The highest BCUT2D eigenvalue weighted by atomic mass is 35.5. The van der Waals surface area contributed by atoms with Gasteiger partial charge in [-0.1, -0.05) is 6.42 Å². The smallest absolute Gasteiger partial charge is 0.104 e. The summed E-state index contributed by atoms with van der Waals surface area (Å²) >= 11 is 0. The molecule has 1 fully saturated rings. The Balaban J connectivity index is 0.000000640. The van der Waals surface area contributed by atoms with E-state index in [-0.39, 0.29) is 18.3 Å². The van der Waals surface area contributed by atoms with Crippen molar-refractivity contribution in [2.24, 2.45) is 11.7 Å². The summed E-state index contributed by atoms with van der Waals surface area (Å²) < 4.78 is 12.5. The minimum Gasteiger partial charge on any atom is -0.330 e. The first kappa shape index (κ1) is 9.18. The van der Waals surface area contributed by atoms with Gasteiger partial charge in [-0.05, 0) is 19.4 Å². The number of halogens is 2. The molecular formula is C6H13ClFN. The van der Waals surface area contributed by atoms with Gasteiger partial charge in [0.15, 0.2) is 0 Å². The molecule has 1 rings (SSSR count). The van der Waals surface area contributed by atoms with E-state index in [9.17, 15) is 4.39 Å². The molecule has 0 aromatic rings. The van der Waals surface area contributed by atoms with Crippen molar-refractivity contribution in [3.8, 4) is 0 Å². The summed E-state index contributed by atoms with van der Waals surface area (Å²) in [5.74, 6) is 0.176. The SMILES string of the molecule is Cl.NC[C@@H]1CCC[C@H]1F. The van der Waals surface area contributed by atoms with Gasteiger partial charge in [0, 0.05) is 5.92 Å². The van der Waals surface area contributed by atoms with E-state index < -0.39 is 6.17 Å². The highest BCUT2D eigenvalue weighted by Crippen LogP contribution is 2.26. The summed E-state index contributed by atoms with van der Waals surface area (Å²) in [6, 6.07) is 0. The predicted octanol–water partition coefficient (Wildman–Crippen LogP) is 1.51. The Hall–Kier alpha value is 0.180. The van der Waals surface area contributed by atoms with Gasteiger partial charge < -0.3 is 5.73 Å². The van der Waals surface area contributed by atoms with E-state index in [1.807, 2.05) is 0 Å². The van der Waals surface area contributed by atoms with Crippen LogP contribution in [0.25, 0.3) is 0 Å². The van der Waals surface area contributed by atoms with Gasteiger partial charge in [-0.25, -0.2) is 4.39 Å². The van der Waals surface area contributed by atoms with Crippen LogP contribution in [0, 0.1) is 5.92 Å². The van der Waals surface area contributed by atoms with Crippen LogP contribution < -0.4 is 5.73 Å². The van der Waals surface area contributed by atoms with Crippen LogP contribution in [0.5, 0.6) is 0 Å². The van der Waals surface area contributed by atoms with E-state index in [0.717, 1.165) is 19.3 Å². The summed E-state index contributed by atoms with van der Waals surface area (Å²) in [6.45, 7) is 0.529. The van der Waals surface area contributed by atoms with Gasteiger partial charge in [-0.15, -0.1) is 12.4 Å². The molecular weight excluding hydrogens is 141 g/mol. The molecule has 0 spiro atoms. The molecule has 2 N–H and O–H groups in total. The molecule has 0 heterocycles. The molecule has 9 heavy (non-hydrogen) atoms. The first-order valence-corrected chi connectivity index (χ1v) is 3.18. The van der Waals surface area contributed by atoms with Gasteiger partial charge in [0.1, 0.15) is 6.17 Å². The number of hydrogen-bond donors (Lipinski definition) is 1. The molecule has 0 aliphatic heterocycles. The zero-order valence-electron chi connectivity index (χ0n) is 5.35. The van der Waals surface area contributed by atoms with Crippen LogP contribution in [0.15, 0.2) is 0 Å². The maximum Gasteiger partial charge on any atom is 0.104 e. The minimum atomic E-state index is -0.597. The molecule has 3 heteroatoms. The number of rotatable bonds is 1. The Morgan fingerprint density at radius 1 is 1.44 bits per heavy atom. The molecule has 0 aromatic carbocycles. The second kappa shape index (κ2) is 4.07. The molecule has 56 valence electrons. The van der Waals surface area contributed by atoms with Crippen molar-refractivity contribution in [1.82, 2.24) is 0 Å². The summed E-state index contributed by atoms with van der Waals surface area (Å²) in [6.07, 6.45) is 2.17. The van der Waals surface area contributed by atoms with Crippen molar-refractivity contribution < 1.29 is 4.39 Å². The van der Waals surface area contributed by atoms with Crippen LogP contribution in [0.3, 0.4) is 0 Å². The molecule has 0 amide bonds. The van der Waals surface area contributed by atoms with Crippen molar-refractivity contribution >= 4 is 12.4 Å². The van der Waals surface area contributed by atoms with Gasteiger partial charge in [0.05, 0.1) is 0 Å². The Morgan fingerprint density at radius 3 is 2.33 bits per heavy atom. The molecule has 0 unspecified atom stereocenters. The summed E-state index contributed by atoms with van der Waals surface area (Å²) in [7, 11) is 0. The quantitative estimate of drug-likeness (QED) is 0.607. The Labute approximate surface area is 61.2 Å². The van der Waals surface area contributed by atoms with E-state index >= 15 is 0 Å². The molecule has 1 saturated carbocycles. The number of alkyl halides is 1. The van der Waals surface area contributed by atoms with Gasteiger partial charge >= 0.3 is 0 Å². The maximum absolute atomic E-state index is 12.5. The van der Waals surface area contributed by atoms with Crippen LogP contribution in [-0.2, 0) is 0 Å². The van der Waals surface area contributed by atoms with Crippen LogP contribution in [0.1, 0.15) is 19.3 Å². The van der Waals surface area contributed by atoms with E-state index in [1.54, 1.807) is 0 Å².